The number of aryl methyl sites for hydroxylation is 1. The van der Waals surface area contributed by atoms with E-state index >= 15 is 0 Å². The summed E-state index contributed by atoms with van der Waals surface area (Å²) in [6.07, 6.45) is 1.07. The van der Waals surface area contributed by atoms with Gasteiger partial charge in [-0.3, -0.25) is 4.90 Å². The lowest BCUT2D eigenvalue weighted by molar-refractivity contribution is 0.0914. The van der Waals surface area contributed by atoms with Gasteiger partial charge < -0.3 is 10.5 Å². The first-order valence-corrected chi connectivity index (χ1v) is 7.60. The summed E-state index contributed by atoms with van der Waals surface area (Å²) in [5.41, 5.74) is 9.02. The Hall–Kier alpha value is -0.900. The number of ether oxygens (including phenoxy) is 1. The third-order valence-electron chi connectivity index (χ3n) is 4.03. The van der Waals surface area contributed by atoms with Gasteiger partial charge in [0.2, 0.25) is 0 Å². The van der Waals surface area contributed by atoms with Crippen molar-refractivity contribution in [2.45, 2.75) is 52.2 Å². The molecule has 0 saturated carbocycles. The number of rotatable bonds is 8. The van der Waals surface area contributed by atoms with Crippen molar-refractivity contribution in [1.82, 2.24) is 4.90 Å². The van der Waals surface area contributed by atoms with Crippen LogP contribution in [0, 0.1) is 0 Å². The quantitative estimate of drug-likeness (QED) is 0.794. The van der Waals surface area contributed by atoms with Gasteiger partial charge in [-0.2, -0.15) is 0 Å². The Balaban J connectivity index is 2.78. The number of methoxy groups -OCH3 is 1. The highest BCUT2D eigenvalue weighted by molar-refractivity contribution is 5.25. The second kappa shape index (κ2) is 8.40. The minimum Gasteiger partial charge on any atom is -0.383 e. The van der Waals surface area contributed by atoms with E-state index in [0.29, 0.717) is 6.04 Å². The smallest absolute Gasteiger partial charge is 0.0589 e. The van der Waals surface area contributed by atoms with Gasteiger partial charge in [0.15, 0.2) is 0 Å². The first kappa shape index (κ1) is 17.2. The molecule has 114 valence electrons. The second-order valence-electron chi connectivity index (χ2n) is 5.69. The van der Waals surface area contributed by atoms with Crippen LogP contribution in [0.15, 0.2) is 24.3 Å². The van der Waals surface area contributed by atoms with Gasteiger partial charge in [0.1, 0.15) is 0 Å². The summed E-state index contributed by atoms with van der Waals surface area (Å²) in [4.78, 5) is 2.40. The number of nitrogens with zero attached hydrogens (tertiary/aromatic N) is 1. The average molecular weight is 278 g/mol. The van der Waals surface area contributed by atoms with Gasteiger partial charge in [-0.05, 0) is 38.3 Å². The van der Waals surface area contributed by atoms with Crippen LogP contribution < -0.4 is 5.73 Å². The number of nitrogens with two attached hydrogens (primary N) is 1. The predicted molar refractivity (Wildman–Crippen MR) is 85.9 cm³/mol. The maximum atomic E-state index is 6.46. The van der Waals surface area contributed by atoms with Gasteiger partial charge in [0.25, 0.3) is 0 Å². The van der Waals surface area contributed by atoms with Crippen molar-refractivity contribution in [3.05, 3.63) is 35.4 Å². The van der Waals surface area contributed by atoms with Crippen LogP contribution in [-0.4, -0.2) is 37.2 Å². The fraction of sp³-hybridized carbons (Fsp3) is 0.647. The largest absolute Gasteiger partial charge is 0.383 e. The average Bonchev–Trinajstić information content (AvgIpc) is 2.46. The van der Waals surface area contributed by atoms with Crippen LogP contribution in [0.2, 0.25) is 0 Å². The highest BCUT2D eigenvalue weighted by atomic mass is 16.5. The van der Waals surface area contributed by atoms with Crippen molar-refractivity contribution in [2.24, 2.45) is 5.73 Å². The maximum Gasteiger partial charge on any atom is 0.0589 e. The molecule has 2 unspecified atom stereocenters. The molecule has 1 aromatic rings. The Kier molecular flexibility index (Phi) is 7.20. The van der Waals surface area contributed by atoms with Crippen molar-refractivity contribution in [3.63, 3.8) is 0 Å². The zero-order valence-electron chi connectivity index (χ0n) is 13.6. The maximum absolute atomic E-state index is 6.46. The van der Waals surface area contributed by atoms with E-state index < -0.39 is 0 Å². The minimum atomic E-state index is 0.0279. The van der Waals surface area contributed by atoms with Gasteiger partial charge in [-0.1, -0.05) is 31.2 Å². The molecule has 0 aromatic heterocycles. The highest BCUT2D eigenvalue weighted by Crippen LogP contribution is 2.21. The molecule has 0 saturated heterocycles. The van der Waals surface area contributed by atoms with Crippen molar-refractivity contribution in [2.75, 3.05) is 20.3 Å². The highest BCUT2D eigenvalue weighted by Gasteiger charge is 2.23. The predicted octanol–water partition coefficient (Wildman–Crippen LogP) is 2.99. The van der Waals surface area contributed by atoms with Crippen molar-refractivity contribution in [1.29, 1.82) is 0 Å². The molecule has 0 amide bonds. The van der Waals surface area contributed by atoms with E-state index in [1.165, 1.54) is 11.1 Å². The molecule has 0 fully saturated rings. The van der Waals surface area contributed by atoms with Crippen LogP contribution >= 0.6 is 0 Å². The number of benzene rings is 1. The molecule has 1 aromatic carbocycles. The third-order valence-corrected chi connectivity index (χ3v) is 4.03. The number of hydrogen-bond acceptors (Lipinski definition) is 3. The standard InChI is InChI=1S/C17H30N2O/c1-6-15-7-9-16(10-8-15)17(18)14(4)19(13(2)3)11-12-20-5/h7-10,13-14,17H,6,11-12,18H2,1-5H3. The summed E-state index contributed by atoms with van der Waals surface area (Å²) >= 11 is 0. The van der Waals surface area contributed by atoms with E-state index in [-0.39, 0.29) is 12.1 Å². The van der Waals surface area contributed by atoms with Crippen molar-refractivity contribution >= 4 is 0 Å². The van der Waals surface area contributed by atoms with E-state index in [2.05, 4.69) is 56.9 Å². The summed E-state index contributed by atoms with van der Waals surface area (Å²) in [7, 11) is 1.74. The Morgan fingerprint density at radius 2 is 1.75 bits per heavy atom. The Morgan fingerprint density at radius 1 is 1.15 bits per heavy atom. The monoisotopic (exact) mass is 278 g/mol. The summed E-state index contributed by atoms with van der Waals surface area (Å²) in [5.74, 6) is 0. The van der Waals surface area contributed by atoms with E-state index in [0.717, 1.165) is 19.6 Å². The molecule has 20 heavy (non-hydrogen) atoms. The first-order valence-electron chi connectivity index (χ1n) is 7.60. The zero-order valence-corrected chi connectivity index (χ0v) is 13.6. The molecule has 1 rings (SSSR count). The van der Waals surface area contributed by atoms with Crippen LogP contribution in [0.25, 0.3) is 0 Å². The molecule has 0 heterocycles. The molecule has 0 spiro atoms. The lowest BCUT2D eigenvalue weighted by atomic mass is 9.97. The van der Waals surface area contributed by atoms with Gasteiger partial charge in [0, 0.05) is 31.8 Å². The summed E-state index contributed by atoms with van der Waals surface area (Å²) in [6, 6.07) is 9.45. The second-order valence-corrected chi connectivity index (χ2v) is 5.69. The SMILES string of the molecule is CCc1ccc(C(N)C(C)N(CCOC)C(C)C)cc1. The lowest BCUT2D eigenvalue weighted by Crippen LogP contribution is -2.46. The molecule has 0 aliphatic heterocycles. The Labute approximate surface area is 124 Å². The summed E-state index contributed by atoms with van der Waals surface area (Å²) in [6.45, 7) is 10.4. The van der Waals surface area contributed by atoms with Crippen LogP contribution in [0.4, 0.5) is 0 Å². The van der Waals surface area contributed by atoms with E-state index in [4.69, 9.17) is 10.5 Å². The van der Waals surface area contributed by atoms with Crippen LogP contribution in [-0.2, 0) is 11.2 Å². The fourth-order valence-electron chi connectivity index (χ4n) is 2.59. The zero-order chi connectivity index (χ0) is 15.1. The molecule has 3 nitrogen and oxygen atoms in total. The van der Waals surface area contributed by atoms with Gasteiger partial charge in [-0.15, -0.1) is 0 Å². The number of hydrogen-bond donors (Lipinski definition) is 1. The van der Waals surface area contributed by atoms with E-state index in [1.807, 2.05) is 0 Å². The van der Waals surface area contributed by atoms with Gasteiger partial charge in [0.05, 0.1) is 6.61 Å². The van der Waals surface area contributed by atoms with Gasteiger partial charge >= 0.3 is 0 Å². The summed E-state index contributed by atoms with van der Waals surface area (Å²) < 4.78 is 5.21. The molecule has 0 aliphatic carbocycles. The molecule has 0 radical (unpaired) electrons. The topological polar surface area (TPSA) is 38.5 Å². The lowest BCUT2D eigenvalue weighted by Gasteiger charge is -2.36. The normalized spacial score (nSPS) is 14.8. The molecular weight excluding hydrogens is 248 g/mol. The molecule has 2 atom stereocenters. The molecule has 0 bridgehead atoms. The Morgan fingerprint density at radius 3 is 2.20 bits per heavy atom. The molecule has 3 heteroatoms. The van der Waals surface area contributed by atoms with Crippen LogP contribution in [0.5, 0.6) is 0 Å². The first-order chi connectivity index (χ1) is 9.51. The fourth-order valence-corrected chi connectivity index (χ4v) is 2.59. The van der Waals surface area contributed by atoms with E-state index in [9.17, 15) is 0 Å². The molecule has 2 N–H and O–H groups in total. The Bertz CT molecular complexity index is 375. The van der Waals surface area contributed by atoms with Gasteiger partial charge in [-0.25, -0.2) is 0 Å². The third kappa shape index (κ3) is 4.58. The molecular formula is C17H30N2O. The van der Waals surface area contributed by atoms with Crippen molar-refractivity contribution in [3.8, 4) is 0 Å². The minimum absolute atomic E-state index is 0.0279. The van der Waals surface area contributed by atoms with Crippen LogP contribution in [0.3, 0.4) is 0 Å². The molecule has 0 aliphatic rings. The van der Waals surface area contributed by atoms with E-state index in [1.54, 1.807) is 7.11 Å². The summed E-state index contributed by atoms with van der Waals surface area (Å²) in [5, 5.41) is 0. The van der Waals surface area contributed by atoms with Crippen LogP contribution in [0.1, 0.15) is 44.9 Å². The van der Waals surface area contributed by atoms with Crippen molar-refractivity contribution < 1.29 is 4.74 Å².